The molecule has 0 aliphatic carbocycles. The third-order valence-corrected chi connectivity index (χ3v) is 1.54. The second-order valence-electron chi connectivity index (χ2n) is 3.06. The van der Waals surface area contributed by atoms with Crippen LogP contribution in [-0.2, 0) is 9.84 Å². The van der Waals surface area contributed by atoms with Crippen LogP contribution >= 0.6 is 0 Å². The molecule has 0 aromatic rings. The van der Waals surface area contributed by atoms with E-state index in [4.69, 9.17) is 0 Å². The van der Waals surface area contributed by atoms with Crippen LogP contribution in [0.2, 0.25) is 0 Å². The molecule has 0 unspecified atom stereocenters. The minimum Gasteiger partial charge on any atom is -0.431 e. The van der Waals surface area contributed by atoms with Crippen LogP contribution in [0.1, 0.15) is 27.2 Å². The van der Waals surface area contributed by atoms with E-state index in [1.807, 2.05) is 20.8 Å². The fourth-order valence-corrected chi connectivity index (χ4v) is 0.356. The summed E-state index contributed by atoms with van der Waals surface area (Å²) in [7, 11) is 0. The lowest BCUT2D eigenvalue weighted by Crippen LogP contribution is -2.19. The van der Waals surface area contributed by atoms with Crippen molar-refractivity contribution in [3.63, 3.8) is 0 Å². The predicted molar refractivity (Wildman–Crippen MR) is 36.1 cm³/mol. The molecule has 0 spiro atoms. The number of carbonyl (C=O) groups is 1. The maximum atomic E-state index is 9.83. The Morgan fingerprint density at radius 1 is 1.50 bits per heavy atom. The van der Waals surface area contributed by atoms with Gasteiger partial charge in [0.05, 0.1) is 0 Å². The third kappa shape index (κ3) is 4.18. The van der Waals surface area contributed by atoms with Crippen LogP contribution in [0.4, 0.5) is 4.79 Å². The maximum absolute atomic E-state index is 9.83. The van der Waals surface area contributed by atoms with Gasteiger partial charge in [-0.05, 0) is 11.8 Å². The predicted octanol–water partition coefficient (Wildman–Crippen LogP) is 1.99. The van der Waals surface area contributed by atoms with Crippen molar-refractivity contribution < 1.29 is 14.6 Å². The number of hydrogen-bond acceptors (Lipinski definition) is 2. The summed E-state index contributed by atoms with van der Waals surface area (Å²) in [6, 6.07) is 0. The molecule has 0 saturated carbocycles. The van der Waals surface area contributed by atoms with Crippen molar-refractivity contribution in [2.45, 2.75) is 27.2 Å². The van der Waals surface area contributed by atoms with Crippen LogP contribution in [0.5, 0.6) is 0 Å². The molecule has 0 aliphatic heterocycles. The molecule has 0 aromatic carbocycles. The molecule has 3 heteroatoms. The fraction of sp³-hybridized carbons (Fsp3) is 0.857. The third-order valence-electron chi connectivity index (χ3n) is 1.54. The van der Waals surface area contributed by atoms with Crippen LogP contribution < -0.4 is 0 Å². The first-order valence-corrected chi connectivity index (χ1v) is 3.32. The summed E-state index contributed by atoms with van der Waals surface area (Å²) < 4.78 is 4.30. The summed E-state index contributed by atoms with van der Waals surface area (Å²) >= 11 is 0. The lowest BCUT2D eigenvalue weighted by atomic mass is 9.92. The Morgan fingerprint density at radius 2 is 2.00 bits per heavy atom. The number of hydrogen-bond donors (Lipinski definition) is 0. The van der Waals surface area contributed by atoms with Gasteiger partial charge < -0.3 is 4.74 Å². The van der Waals surface area contributed by atoms with Gasteiger partial charge in [-0.3, -0.25) is 0 Å². The average Bonchev–Trinajstić information content (AvgIpc) is 1.85. The van der Waals surface area contributed by atoms with Gasteiger partial charge in [-0.1, -0.05) is 20.8 Å². The summed E-state index contributed by atoms with van der Waals surface area (Å²) in [5, 5.41) is 9.83. The van der Waals surface area contributed by atoms with Gasteiger partial charge in [0.1, 0.15) is 6.61 Å². The second-order valence-corrected chi connectivity index (χ2v) is 3.06. The average molecular weight is 145 g/mol. The van der Waals surface area contributed by atoms with E-state index in [0.717, 1.165) is 6.42 Å². The minimum atomic E-state index is -1.44. The van der Waals surface area contributed by atoms with E-state index in [2.05, 4.69) is 4.74 Å². The van der Waals surface area contributed by atoms with Crippen molar-refractivity contribution in [2.24, 2.45) is 5.41 Å². The quantitative estimate of drug-likeness (QED) is 0.570. The Morgan fingerprint density at radius 3 is 2.30 bits per heavy atom. The smallest absolute Gasteiger partial charge is 0.431 e. The van der Waals surface area contributed by atoms with Crippen LogP contribution in [0.15, 0.2) is 0 Å². The van der Waals surface area contributed by atoms with Crippen LogP contribution in [-0.4, -0.2) is 12.8 Å². The molecule has 0 atom stereocenters. The molecule has 0 saturated heterocycles. The number of rotatable bonds is 3. The van der Waals surface area contributed by atoms with E-state index >= 15 is 0 Å². The Bertz CT molecular complexity index is 118. The first-order valence-electron chi connectivity index (χ1n) is 3.32. The number of carbonyl (C=O) groups excluding carboxylic acids is 1. The molecule has 0 rings (SSSR count). The van der Waals surface area contributed by atoms with E-state index in [-0.39, 0.29) is 12.0 Å². The monoisotopic (exact) mass is 145 g/mol. The molecule has 1 radical (unpaired) electrons. The van der Waals surface area contributed by atoms with Crippen molar-refractivity contribution in [3.8, 4) is 0 Å². The standard InChI is InChI=1S/C7H13O3/c1-4-7(2,3)5-10-6(8)9/h4-5H2,1-3H3. The van der Waals surface area contributed by atoms with Gasteiger partial charge in [0.25, 0.3) is 0 Å². The highest BCUT2D eigenvalue weighted by Gasteiger charge is 2.17. The van der Waals surface area contributed by atoms with Crippen LogP contribution in [0, 0.1) is 5.41 Å². The van der Waals surface area contributed by atoms with Crippen molar-refractivity contribution in [3.05, 3.63) is 0 Å². The Kier molecular flexibility index (Phi) is 3.19. The molecule has 0 aromatic heterocycles. The number of ether oxygens (including phenoxy) is 1. The first kappa shape index (κ1) is 9.27. The second kappa shape index (κ2) is 3.44. The topological polar surface area (TPSA) is 46.2 Å². The van der Waals surface area contributed by atoms with Gasteiger partial charge in [-0.2, -0.15) is 9.90 Å². The Balaban J connectivity index is 3.56. The Labute approximate surface area is 61.0 Å². The fourth-order valence-electron chi connectivity index (χ4n) is 0.356. The van der Waals surface area contributed by atoms with E-state index < -0.39 is 6.16 Å². The molecule has 3 nitrogen and oxygen atoms in total. The lowest BCUT2D eigenvalue weighted by molar-refractivity contribution is 0.0374. The zero-order valence-electron chi connectivity index (χ0n) is 6.64. The lowest BCUT2D eigenvalue weighted by Gasteiger charge is -2.19. The molecule has 10 heavy (non-hydrogen) atoms. The molecular formula is C7H13O3. The Hall–Kier alpha value is -0.730. The van der Waals surface area contributed by atoms with E-state index in [1.54, 1.807) is 0 Å². The zero-order valence-corrected chi connectivity index (χ0v) is 6.64. The molecule has 0 bridgehead atoms. The van der Waals surface area contributed by atoms with E-state index in [1.165, 1.54) is 0 Å². The molecule has 59 valence electrons. The first-order chi connectivity index (χ1) is 4.48. The van der Waals surface area contributed by atoms with Gasteiger partial charge in [-0.25, -0.2) is 0 Å². The van der Waals surface area contributed by atoms with Gasteiger partial charge in [0, 0.05) is 0 Å². The summed E-state index contributed by atoms with van der Waals surface area (Å²) in [4.78, 5) is 9.83. The normalized spacial score (nSPS) is 11.1. The van der Waals surface area contributed by atoms with Gasteiger partial charge >= 0.3 is 6.16 Å². The van der Waals surface area contributed by atoms with Crippen LogP contribution in [0.3, 0.4) is 0 Å². The molecule has 0 N–H and O–H groups in total. The van der Waals surface area contributed by atoms with Crippen molar-refractivity contribution in [2.75, 3.05) is 6.61 Å². The molecule has 0 fully saturated rings. The van der Waals surface area contributed by atoms with Crippen molar-refractivity contribution in [1.82, 2.24) is 0 Å². The van der Waals surface area contributed by atoms with Gasteiger partial charge in [-0.15, -0.1) is 0 Å². The summed E-state index contributed by atoms with van der Waals surface area (Å²) in [6.07, 6.45) is -0.554. The highest BCUT2D eigenvalue weighted by molar-refractivity contribution is 5.56. The maximum Gasteiger partial charge on any atom is 0.550 e. The SMILES string of the molecule is CCC(C)(C)COC([O])=O. The molecule has 0 amide bonds. The largest absolute Gasteiger partial charge is 0.550 e. The van der Waals surface area contributed by atoms with E-state index in [9.17, 15) is 9.90 Å². The molecule has 0 aliphatic rings. The highest BCUT2D eigenvalue weighted by atomic mass is 16.7. The van der Waals surface area contributed by atoms with Crippen LogP contribution in [0.25, 0.3) is 0 Å². The van der Waals surface area contributed by atoms with E-state index in [0.29, 0.717) is 0 Å². The molecular weight excluding hydrogens is 132 g/mol. The summed E-state index contributed by atoms with van der Waals surface area (Å²) in [5.74, 6) is 0. The van der Waals surface area contributed by atoms with Crippen molar-refractivity contribution in [1.29, 1.82) is 0 Å². The summed E-state index contributed by atoms with van der Waals surface area (Å²) in [6.45, 7) is 6.08. The minimum absolute atomic E-state index is 0.0694. The highest BCUT2D eigenvalue weighted by Crippen LogP contribution is 2.19. The zero-order chi connectivity index (χ0) is 8.20. The van der Waals surface area contributed by atoms with Gasteiger partial charge in [0.15, 0.2) is 0 Å². The summed E-state index contributed by atoms with van der Waals surface area (Å²) in [5.41, 5.74) is -0.0694. The van der Waals surface area contributed by atoms with Gasteiger partial charge in [0.2, 0.25) is 0 Å². The van der Waals surface area contributed by atoms with Crippen molar-refractivity contribution >= 4 is 6.16 Å². The molecule has 0 heterocycles.